The number of aromatic nitrogens is 2. The van der Waals surface area contributed by atoms with Crippen molar-refractivity contribution >= 4 is 22.4 Å². The number of hydrogen-bond donors (Lipinski definition) is 2. The Labute approximate surface area is 98.8 Å². The van der Waals surface area contributed by atoms with Crippen LogP contribution in [0.25, 0.3) is 0 Å². The molecule has 0 bridgehead atoms. The smallest absolute Gasteiger partial charge is 0.223 e. The van der Waals surface area contributed by atoms with Crippen molar-refractivity contribution in [2.24, 2.45) is 5.92 Å². The van der Waals surface area contributed by atoms with Crippen molar-refractivity contribution < 1.29 is 4.79 Å². The number of nitrogens with two attached hydrogens (primary N) is 1. The van der Waals surface area contributed by atoms with Gasteiger partial charge in [0.15, 0.2) is 0 Å². The predicted molar refractivity (Wildman–Crippen MR) is 63.9 cm³/mol. The van der Waals surface area contributed by atoms with E-state index in [-0.39, 0.29) is 11.8 Å². The monoisotopic (exact) mass is 243 g/mol. The average molecular weight is 243 g/mol. The fraction of sp³-hybridized carbons (Fsp3) is 0.667. The summed E-state index contributed by atoms with van der Waals surface area (Å²) in [5.74, 6) is 0.00361. The van der Waals surface area contributed by atoms with Crippen LogP contribution in [0.1, 0.15) is 11.9 Å². The molecule has 1 unspecified atom stereocenters. The molecule has 1 atom stereocenters. The Morgan fingerprint density at radius 3 is 2.81 bits per heavy atom. The van der Waals surface area contributed by atoms with Crippen molar-refractivity contribution in [2.45, 2.75) is 13.5 Å². The van der Waals surface area contributed by atoms with Gasteiger partial charge in [-0.25, -0.2) is 0 Å². The van der Waals surface area contributed by atoms with E-state index >= 15 is 0 Å². The lowest BCUT2D eigenvalue weighted by molar-refractivity contribution is -0.124. The first kappa shape index (κ1) is 12.9. The lowest BCUT2D eigenvalue weighted by Crippen LogP contribution is -2.34. The van der Waals surface area contributed by atoms with Crippen molar-refractivity contribution in [1.82, 2.24) is 20.4 Å². The minimum Gasteiger partial charge on any atom is -0.374 e. The van der Waals surface area contributed by atoms with Crippen LogP contribution in [0.3, 0.4) is 0 Å². The molecule has 0 aliphatic rings. The van der Waals surface area contributed by atoms with E-state index in [4.69, 9.17) is 5.73 Å². The summed E-state index contributed by atoms with van der Waals surface area (Å²) in [6, 6.07) is 0. The number of carbonyl (C=O) groups excluding carboxylic acids is 1. The zero-order valence-electron chi connectivity index (χ0n) is 9.73. The summed E-state index contributed by atoms with van der Waals surface area (Å²) < 4.78 is 0. The number of nitrogens with zero attached hydrogens (tertiary/aromatic N) is 3. The van der Waals surface area contributed by atoms with E-state index in [1.165, 1.54) is 11.3 Å². The van der Waals surface area contributed by atoms with Crippen LogP contribution in [0.15, 0.2) is 0 Å². The van der Waals surface area contributed by atoms with E-state index in [0.717, 1.165) is 5.01 Å². The Kier molecular flexibility index (Phi) is 4.63. The summed E-state index contributed by atoms with van der Waals surface area (Å²) in [6.07, 6.45) is 0. The SMILES string of the molecule is CNC(=O)C(C)CN(C)Cc1nnc(N)s1. The molecule has 1 rings (SSSR count). The van der Waals surface area contributed by atoms with Crippen molar-refractivity contribution in [1.29, 1.82) is 0 Å². The van der Waals surface area contributed by atoms with E-state index in [1.807, 2.05) is 18.9 Å². The standard InChI is InChI=1S/C9H17N5OS/c1-6(8(15)11-2)4-14(3)5-7-12-13-9(10)16-7/h6H,4-5H2,1-3H3,(H2,10,13)(H,11,15). The number of anilines is 1. The summed E-state index contributed by atoms with van der Waals surface area (Å²) in [5, 5.41) is 11.6. The molecule has 0 fully saturated rings. The maximum Gasteiger partial charge on any atom is 0.223 e. The van der Waals surface area contributed by atoms with Gasteiger partial charge in [-0.2, -0.15) is 0 Å². The Bertz CT molecular complexity index is 353. The highest BCUT2D eigenvalue weighted by Crippen LogP contribution is 2.13. The number of carbonyl (C=O) groups is 1. The molecular weight excluding hydrogens is 226 g/mol. The summed E-state index contributed by atoms with van der Waals surface area (Å²) in [7, 11) is 3.58. The summed E-state index contributed by atoms with van der Waals surface area (Å²) in [6.45, 7) is 3.24. The highest BCUT2D eigenvalue weighted by atomic mass is 32.1. The van der Waals surface area contributed by atoms with Crippen molar-refractivity contribution in [3.8, 4) is 0 Å². The first-order chi connectivity index (χ1) is 7.52. The van der Waals surface area contributed by atoms with E-state index in [1.54, 1.807) is 7.05 Å². The molecule has 0 radical (unpaired) electrons. The molecule has 0 saturated heterocycles. The predicted octanol–water partition coefficient (Wildman–Crippen LogP) is -0.0658. The normalized spacial score (nSPS) is 12.8. The minimum absolute atomic E-state index is 0.0414. The Morgan fingerprint density at radius 1 is 1.62 bits per heavy atom. The molecule has 6 nitrogen and oxygen atoms in total. The molecule has 1 amide bonds. The van der Waals surface area contributed by atoms with E-state index in [9.17, 15) is 4.79 Å². The van der Waals surface area contributed by atoms with Crippen molar-refractivity contribution in [3.05, 3.63) is 5.01 Å². The molecule has 3 N–H and O–H groups in total. The number of hydrogen-bond acceptors (Lipinski definition) is 6. The van der Waals surface area contributed by atoms with Crippen LogP contribution < -0.4 is 11.1 Å². The Balaban J connectivity index is 2.41. The van der Waals surface area contributed by atoms with Crippen LogP contribution in [-0.2, 0) is 11.3 Å². The molecule has 0 aliphatic heterocycles. The minimum atomic E-state index is -0.0414. The second-order valence-corrected chi connectivity index (χ2v) is 4.84. The molecular formula is C9H17N5OS. The molecule has 0 aliphatic carbocycles. The third-order valence-corrected chi connectivity index (χ3v) is 2.90. The molecule has 16 heavy (non-hydrogen) atoms. The van der Waals surface area contributed by atoms with E-state index in [2.05, 4.69) is 15.5 Å². The number of nitrogens with one attached hydrogen (secondary N) is 1. The van der Waals surface area contributed by atoms with E-state index in [0.29, 0.717) is 18.2 Å². The highest BCUT2D eigenvalue weighted by Gasteiger charge is 2.14. The molecule has 1 aromatic rings. The van der Waals surface area contributed by atoms with Crippen molar-refractivity contribution in [2.75, 3.05) is 26.4 Å². The second-order valence-electron chi connectivity index (χ2n) is 3.75. The summed E-state index contributed by atoms with van der Waals surface area (Å²) in [5.41, 5.74) is 5.49. The first-order valence-electron chi connectivity index (χ1n) is 5.01. The van der Waals surface area contributed by atoms with Crippen LogP contribution in [0.4, 0.5) is 5.13 Å². The van der Waals surface area contributed by atoms with Gasteiger partial charge in [-0.15, -0.1) is 10.2 Å². The Hall–Kier alpha value is -1.21. The van der Waals surface area contributed by atoms with Crippen molar-refractivity contribution in [3.63, 3.8) is 0 Å². The van der Waals surface area contributed by atoms with E-state index < -0.39 is 0 Å². The van der Waals surface area contributed by atoms with Gasteiger partial charge in [0, 0.05) is 19.5 Å². The molecule has 0 spiro atoms. The van der Waals surface area contributed by atoms with Gasteiger partial charge in [-0.1, -0.05) is 18.3 Å². The zero-order valence-corrected chi connectivity index (χ0v) is 10.5. The van der Waals surface area contributed by atoms with Gasteiger partial charge >= 0.3 is 0 Å². The topological polar surface area (TPSA) is 84.1 Å². The molecule has 0 aromatic carbocycles. The van der Waals surface area contributed by atoms with Crippen LogP contribution in [-0.4, -0.2) is 41.6 Å². The van der Waals surface area contributed by atoms with Crippen LogP contribution in [0, 0.1) is 5.92 Å². The molecule has 1 aromatic heterocycles. The average Bonchev–Trinajstić information content (AvgIpc) is 2.62. The lowest BCUT2D eigenvalue weighted by Gasteiger charge is -2.18. The van der Waals surface area contributed by atoms with Gasteiger partial charge < -0.3 is 11.1 Å². The number of rotatable bonds is 5. The maximum absolute atomic E-state index is 11.3. The van der Waals surface area contributed by atoms with Gasteiger partial charge in [0.2, 0.25) is 11.0 Å². The third-order valence-electron chi connectivity index (χ3n) is 2.17. The van der Waals surface area contributed by atoms with Gasteiger partial charge in [0.1, 0.15) is 5.01 Å². The third kappa shape index (κ3) is 3.74. The maximum atomic E-state index is 11.3. The Morgan fingerprint density at radius 2 is 2.31 bits per heavy atom. The fourth-order valence-electron chi connectivity index (χ4n) is 1.42. The van der Waals surface area contributed by atoms with Crippen LogP contribution in [0.2, 0.25) is 0 Å². The van der Waals surface area contributed by atoms with Gasteiger partial charge in [-0.05, 0) is 7.05 Å². The van der Waals surface area contributed by atoms with Gasteiger partial charge in [-0.3, -0.25) is 9.69 Å². The molecule has 90 valence electrons. The zero-order chi connectivity index (χ0) is 12.1. The summed E-state index contributed by atoms with van der Waals surface area (Å²) >= 11 is 1.37. The summed E-state index contributed by atoms with van der Waals surface area (Å²) in [4.78, 5) is 13.3. The first-order valence-corrected chi connectivity index (χ1v) is 5.82. The number of nitrogen functional groups attached to an aromatic ring is 1. The molecule has 0 saturated carbocycles. The highest BCUT2D eigenvalue weighted by molar-refractivity contribution is 7.15. The van der Waals surface area contributed by atoms with Gasteiger partial charge in [0.05, 0.1) is 6.54 Å². The molecule has 7 heteroatoms. The van der Waals surface area contributed by atoms with Gasteiger partial charge in [0.25, 0.3) is 0 Å². The second kappa shape index (κ2) is 5.76. The van der Waals surface area contributed by atoms with Crippen LogP contribution in [0.5, 0.6) is 0 Å². The largest absolute Gasteiger partial charge is 0.374 e. The molecule has 1 heterocycles. The lowest BCUT2D eigenvalue weighted by atomic mass is 10.1. The number of amides is 1. The quantitative estimate of drug-likeness (QED) is 0.756. The van der Waals surface area contributed by atoms with Crippen LogP contribution >= 0.6 is 11.3 Å². The fourth-order valence-corrected chi connectivity index (χ4v) is 2.11.